The van der Waals surface area contributed by atoms with Crippen molar-refractivity contribution in [1.82, 2.24) is 5.12 Å². The van der Waals surface area contributed by atoms with Gasteiger partial charge in [0, 0.05) is 6.42 Å². The van der Waals surface area contributed by atoms with E-state index < -0.39 is 11.9 Å². The van der Waals surface area contributed by atoms with Crippen molar-refractivity contribution in [3.8, 4) is 0 Å². The van der Waals surface area contributed by atoms with E-state index in [2.05, 4.69) is 6.92 Å². The van der Waals surface area contributed by atoms with Gasteiger partial charge >= 0.3 is 0 Å². The first-order chi connectivity index (χ1) is 3.72. The van der Waals surface area contributed by atoms with E-state index in [1.807, 2.05) is 0 Å². The van der Waals surface area contributed by atoms with Gasteiger partial charge < -0.3 is 0 Å². The summed E-state index contributed by atoms with van der Waals surface area (Å²) < 4.78 is 12.1. The van der Waals surface area contributed by atoms with Crippen LogP contribution in [-0.2, 0) is 4.79 Å². The topological polar surface area (TPSA) is 20.3 Å². The molecule has 1 unspecified atom stereocenters. The van der Waals surface area contributed by atoms with Crippen molar-refractivity contribution in [1.29, 1.82) is 0 Å². The minimum absolute atomic E-state index is 0.194. The molecule has 45 valence electrons. The molecule has 0 spiro atoms. The molecule has 0 bridgehead atoms. The van der Waals surface area contributed by atoms with E-state index in [0.29, 0.717) is 12.8 Å². The quantitative estimate of drug-likeness (QED) is 0.426. The van der Waals surface area contributed by atoms with Crippen LogP contribution in [0.4, 0.5) is 4.48 Å². The van der Waals surface area contributed by atoms with Crippen LogP contribution >= 0.6 is 0 Å². The lowest BCUT2D eigenvalue weighted by atomic mass is 10.3. The molecule has 1 atom stereocenters. The largest absolute Gasteiger partial charge is 0.272 e. The number of carbonyl (C=O) groups excluding carboxylic acids is 1. The minimum Gasteiger partial charge on any atom is -0.272 e. The summed E-state index contributed by atoms with van der Waals surface area (Å²) >= 11 is 0. The molecule has 8 heavy (non-hydrogen) atoms. The number of amides is 1. The first kappa shape index (κ1) is 5.54. The summed E-state index contributed by atoms with van der Waals surface area (Å²) in [5, 5.41) is 0.194. The van der Waals surface area contributed by atoms with E-state index in [1.54, 1.807) is 0 Å². The Balaban J connectivity index is 2.56. The zero-order chi connectivity index (χ0) is 6.15. The molecule has 0 aromatic rings. The normalized spacial score (nSPS) is 29.5. The van der Waals surface area contributed by atoms with E-state index in [1.165, 1.54) is 0 Å². The zero-order valence-electron chi connectivity index (χ0n) is 4.43. The van der Waals surface area contributed by atoms with E-state index in [9.17, 15) is 9.28 Å². The summed E-state index contributed by atoms with van der Waals surface area (Å²) in [5.41, 5.74) is 0. The Morgan fingerprint density at radius 1 is 1.88 bits per heavy atom. The predicted molar refractivity (Wildman–Crippen MR) is 26.3 cm³/mol. The maximum Gasteiger partial charge on any atom is 0.250 e. The Bertz CT molecular complexity index is 115. The number of hydrogen-bond donors (Lipinski definition) is 0. The second-order valence-electron chi connectivity index (χ2n) is 1.90. The molecule has 0 N–H and O–H groups in total. The summed E-state index contributed by atoms with van der Waals surface area (Å²) in [4.78, 5) is 10.3. The van der Waals surface area contributed by atoms with E-state index >= 15 is 0 Å². The van der Waals surface area contributed by atoms with Crippen LogP contribution < -0.4 is 0 Å². The van der Waals surface area contributed by atoms with Gasteiger partial charge in [-0.1, -0.05) is 4.48 Å². The van der Waals surface area contributed by atoms with Crippen molar-refractivity contribution in [3.05, 3.63) is 6.92 Å². The predicted octanol–water partition coefficient (Wildman–Crippen LogP) is 0.696. The second-order valence-corrected chi connectivity index (χ2v) is 1.90. The smallest absolute Gasteiger partial charge is 0.250 e. The molecule has 1 radical (unpaired) electrons. The van der Waals surface area contributed by atoms with Crippen molar-refractivity contribution < 1.29 is 9.28 Å². The van der Waals surface area contributed by atoms with Gasteiger partial charge in [0.1, 0.15) is 0 Å². The summed E-state index contributed by atoms with van der Waals surface area (Å²) in [5.74, 6) is -0.440. The molecule has 1 amide bonds. The van der Waals surface area contributed by atoms with Gasteiger partial charge in [-0.2, -0.15) is 5.12 Å². The van der Waals surface area contributed by atoms with Crippen molar-refractivity contribution in [2.75, 3.05) is 0 Å². The third-order valence-electron chi connectivity index (χ3n) is 1.25. The number of nitrogens with zero attached hydrogens (tertiary/aromatic N) is 1. The number of halogens is 1. The van der Waals surface area contributed by atoms with Gasteiger partial charge in [0.15, 0.2) is 0 Å². The minimum atomic E-state index is -0.442. The van der Waals surface area contributed by atoms with Gasteiger partial charge in [-0.3, -0.25) is 4.79 Å². The summed E-state index contributed by atoms with van der Waals surface area (Å²) in [6, 6.07) is -0.442. The molecule has 1 rings (SSSR count). The lowest BCUT2D eigenvalue weighted by molar-refractivity contribution is -0.142. The monoisotopic (exact) mass is 116 g/mol. The van der Waals surface area contributed by atoms with Crippen LogP contribution in [0.1, 0.15) is 12.8 Å². The molecule has 0 saturated carbocycles. The van der Waals surface area contributed by atoms with Gasteiger partial charge in [-0.05, 0) is 13.3 Å². The van der Waals surface area contributed by atoms with Crippen LogP contribution in [0.3, 0.4) is 0 Å². The average Bonchev–Trinajstić information content (AvgIpc) is 1.98. The molecule has 3 heteroatoms. The van der Waals surface area contributed by atoms with Gasteiger partial charge in [0.2, 0.25) is 0 Å². The van der Waals surface area contributed by atoms with Crippen molar-refractivity contribution in [3.63, 3.8) is 0 Å². The van der Waals surface area contributed by atoms with Crippen molar-refractivity contribution >= 4 is 5.91 Å². The summed E-state index contributed by atoms with van der Waals surface area (Å²) in [6.45, 7) is 3.40. The highest BCUT2D eigenvalue weighted by Crippen LogP contribution is 2.16. The van der Waals surface area contributed by atoms with E-state index in [0.717, 1.165) is 0 Å². The van der Waals surface area contributed by atoms with Gasteiger partial charge in [0.05, 0.1) is 6.04 Å². The van der Waals surface area contributed by atoms with E-state index in [4.69, 9.17) is 0 Å². The Morgan fingerprint density at radius 2 is 2.50 bits per heavy atom. The van der Waals surface area contributed by atoms with Gasteiger partial charge in [-0.25, -0.2) is 0 Å². The Labute approximate surface area is 47.2 Å². The standard InChI is InChI=1S/C5H7FNO/c1-4-2-3-5(8)7(4)6/h4H,1-3H2. The summed E-state index contributed by atoms with van der Waals surface area (Å²) in [7, 11) is 0. The Hall–Kier alpha value is -0.600. The van der Waals surface area contributed by atoms with Crippen LogP contribution in [0, 0.1) is 6.92 Å². The summed E-state index contributed by atoms with van der Waals surface area (Å²) in [6.07, 6.45) is 0.861. The van der Waals surface area contributed by atoms with Crippen molar-refractivity contribution in [2.24, 2.45) is 0 Å². The van der Waals surface area contributed by atoms with Gasteiger partial charge in [0.25, 0.3) is 5.91 Å². The third-order valence-corrected chi connectivity index (χ3v) is 1.25. The first-order valence-corrected chi connectivity index (χ1v) is 2.53. The fourth-order valence-corrected chi connectivity index (χ4v) is 0.714. The van der Waals surface area contributed by atoms with Crippen molar-refractivity contribution in [2.45, 2.75) is 18.9 Å². The lowest BCUT2D eigenvalue weighted by Crippen LogP contribution is -2.21. The highest BCUT2D eigenvalue weighted by molar-refractivity contribution is 5.77. The number of hydrogen-bond acceptors (Lipinski definition) is 1. The molecule has 0 aliphatic carbocycles. The Kier molecular flexibility index (Phi) is 1.19. The molecule has 1 fully saturated rings. The molecule has 1 saturated heterocycles. The maximum atomic E-state index is 12.1. The molecular weight excluding hydrogens is 109 g/mol. The van der Waals surface area contributed by atoms with E-state index in [-0.39, 0.29) is 5.12 Å². The molecule has 1 heterocycles. The number of rotatable bonds is 0. The first-order valence-electron chi connectivity index (χ1n) is 2.53. The van der Waals surface area contributed by atoms with Gasteiger partial charge in [-0.15, -0.1) is 0 Å². The third kappa shape index (κ3) is 0.680. The molecule has 1 aliphatic rings. The SMILES string of the molecule is [CH2]C1CCC(=O)N1F. The molecule has 2 nitrogen and oxygen atoms in total. The van der Waals surface area contributed by atoms with Crippen LogP contribution in [0.5, 0.6) is 0 Å². The zero-order valence-corrected chi connectivity index (χ0v) is 4.43. The molecule has 0 aromatic heterocycles. The highest BCUT2D eigenvalue weighted by atomic mass is 19.2. The van der Waals surface area contributed by atoms with Crippen LogP contribution in [0.2, 0.25) is 0 Å². The molecule has 1 aliphatic heterocycles. The fourth-order valence-electron chi connectivity index (χ4n) is 0.714. The van der Waals surface area contributed by atoms with Crippen LogP contribution in [-0.4, -0.2) is 17.1 Å². The molecular formula is C5H7FNO. The van der Waals surface area contributed by atoms with Crippen LogP contribution in [0.25, 0.3) is 0 Å². The van der Waals surface area contributed by atoms with Crippen LogP contribution in [0.15, 0.2) is 0 Å². The lowest BCUT2D eigenvalue weighted by Gasteiger charge is -2.06. The molecule has 0 aromatic carbocycles. The highest BCUT2D eigenvalue weighted by Gasteiger charge is 2.27. The fraction of sp³-hybridized carbons (Fsp3) is 0.600. The maximum absolute atomic E-state index is 12.1. The Morgan fingerprint density at radius 3 is 2.62 bits per heavy atom. The average molecular weight is 116 g/mol. The number of carbonyl (C=O) groups is 1. The second kappa shape index (κ2) is 1.73.